The molecule has 4 aliphatic rings. The molecule has 6 unspecified atom stereocenters. The van der Waals surface area contributed by atoms with Gasteiger partial charge in [-0.3, -0.25) is 14.5 Å². The molecular weight excluding hydrogens is 214 g/mol. The number of allylic oxidation sites excluding steroid dienone is 2. The van der Waals surface area contributed by atoms with Crippen LogP contribution in [0.5, 0.6) is 0 Å². The molecule has 0 aromatic carbocycles. The van der Waals surface area contributed by atoms with E-state index in [1.165, 1.54) is 11.3 Å². The van der Waals surface area contributed by atoms with Crippen molar-refractivity contribution in [1.29, 1.82) is 0 Å². The van der Waals surface area contributed by atoms with Crippen LogP contribution in [0.15, 0.2) is 12.2 Å². The van der Waals surface area contributed by atoms with E-state index in [4.69, 9.17) is 0 Å². The van der Waals surface area contributed by atoms with E-state index in [1.807, 2.05) is 0 Å². The lowest BCUT2D eigenvalue weighted by molar-refractivity contribution is -0.138. The number of amides is 2. The smallest absolute Gasteiger partial charge is 0.232 e. The van der Waals surface area contributed by atoms with E-state index < -0.39 is 0 Å². The molecule has 0 radical (unpaired) electrons. The fourth-order valence-electron chi connectivity index (χ4n) is 4.79. The Bertz CT molecular complexity index is 404. The Labute approximate surface area is 101 Å². The number of imide groups is 1. The van der Waals surface area contributed by atoms with Crippen LogP contribution in [0.1, 0.15) is 19.3 Å². The molecule has 0 aromatic heterocycles. The van der Waals surface area contributed by atoms with Gasteiger partial charge in [-0.05, 0) is 42.9 Å². The first-order valence-corrected chi connectivity index (χ1v) is 6.66. The minimum absolute atomic E-state index is 0.00139. The number of rotatable bonds is 0. The molecule has 2 bridgehead atoms. The molecule has 0 aromatic rings. The zero-order chi connectivity index (χ0) is 11.7. The van der Waals surface area contributed by atoms with Gasteiger partial charge in [0.15, 0.2) is 0 Å². The molecule has 1 heterocycles. The number of hydrogen-bond donors (Lipinski definition) is 0. The molecule has 3 aliphatic carbocycles. The maximum atomic E-state index is 12.0. The summed E-state index contributed by atoms with van der Waals surface area (Å²) in [5.41, 5.74) is 0. The highest BCUT2D eigenvalue weighted by Crippen LogP contribution is 2.57. The lowest BCUT2D eigenvalue weighted by Crippen LogP contribution is -2.35. The van der Waals surface area contributed by atoms with Crippen LogP contribution in [0.2, 0.25) is 0 Å². The lowest BCUT2D eigenvalue weighted by Gasteiger charge is -2.37. The maximum Gasteiger partial charge on any atom is 0.232 e. The van der Waals surface area contributed by atoms with Crippen LogP contribution in [0.4, 0.5) is 0 Å². The molecule has 3 fully saturated rings. The fourth-order valence-corrected chi connectivity index (χ4v) is 4.79. The second-order valence-corrected chi connectivity index (χ2v) is 6.20. The number of fused-ring (bicyclic) bond motifs is 6. The molecular formula is C14H17NO2. The zero-order valence-electron chi connectivity index (χ0n) is 10.0. The van der Waals surface area contributed by atoms with Gasteiger partial charge in [-0.25, -0.2) is 0 Å². The van der Waals surface area contributed by atoms with Crippen molar-refractivity contribution in [3.63, 3.8) is 0 Å². The highest BCUT2D eigenvalue weighted by atomic mass is 16.2. The van der Waals surface area contributed by atoms with Gasteiger partial charge in [-0.15, -0.1) is 0 Å². The molecule has 17 heavy (non-hydrogen) atoms. The summed E-state index contributed by atoms with van der Waals surface area (Å²) >= 11 is 0. The number of likely N-dealkylation sites (tertiary alicyclic amines) is 1. The Hall–Kier alpha value is -1.12. The van der Waals surface area contributed by atoms with E-state index in [2.05, 4.69) is 12.2 Å². The molecule has 3 nitrogen and oxygen atoms in total. The van der Waals surface area contributed by atoms with E-state index in [-0.39, 0.29) is 23.7 Å². The van der Waals surface area contributed by atoms with Gasteiger partial charge in [0.05, 0.1) is 11.8 Å². The van der Waals surface area contributed by atoms with E-state index in [9.17, 15) is 9.59 Å². The van der Waals surface area contributed by atoms with E-state index in [0.717, 1.165) is 12.8 Å². The Morgan fingerprint density at radius 3 is 1.88 bits per heavy atom. The van der Waals surface area contributed by atoms with Crippen LogP contribution < -0.4 is 0 Å². The Kier molecular flexibility index (Phi) is 1.74. The van der Waals surface area contributed by atoms with Gasteiger partial charge in [0.2, 0.25) is 11.8 Å². The van der Waals surface area contributed by atoms with E-state index in [1.54, 1.807) is 7.05 Å². The standard InChI is InChI=1S/C14H17NO2/c1-15-13(16)11-5-9-7-2-3-8(4-7)10(9)6-12(11)14(15)17/h2-3,7-12H,4-6H2,1H3. The van der Waals surface area contributed by atoms with Gasteiger partial charge < -0.3 is 0 Å². The number of hydrogen-bond acceptors (Lipinski definition) is 2. The first-order chi connectivity index (χ1) is 8.16. The number of carbonyl (C=O) groups excluding carboxylic acids is 2. The van der Waals surface area contributed by atoms with Crippen molar-refractivity contribution in [2.24, 2.45) is 35.5 Å². The molecule has 2 amide bonds. The summed E-state index contributed by atoms with van der Waals surface area (Å²) < 4.78 is 0. The second kappa shape index (κ2) is 3.01. The van der Waals surface area contributed by atoms with Crippen LogP contribution in [-0.2, 0) is 9.59 Å². The van der Waals surface area contributed by atoms with Crippen molar-refractivity contribution in [3.8, 4) is 0 Å². The van der Waals surface area contributed by atoms with Gasteiger partial charge in [0.25, 0.3) is 0 Å². The third-order valence-corrected chi connectivity index (χ3v) is 5.63. The average molecular weight is 231 g/mol. The lowest BCUT2D eigenvalue weighted by atomic mass is 9.65. The van der Waals surface area contributed by atoms with Gasteiger partial charge in [0.1, 0.15) is 0 Å². The monoisotopic (exact) mass is 231 g/mol. The minimum atomic E-state index is 0.00139. The summed E-state index contributed by atoms with van der Waals surface area (Å²) in [7, 11) is 1.64. The van der Waals surface area contributed by atoms with Crippen LogP contribution >= 0.6 is 0 Å². The molecule has 3 heteroatoms. The first kappa shape index (κ1) is 9.86. The highest BCUT2D eigenvalue weighted by molar-refractivity contribution is 6.04. The topological polar surface area (TPSA) is 37.4 Å². The van der Waals surface area contributed by atoms with Crippen molar-refractivity contribution in [2.45, 2.75) is 19.3 Å². The third-order valence-electron chi connectivity index (χ3n) is 5.63. The average Bonchev–Trinajstić information content (AvgIpc) is 3.00. The Morgan fingerprint density at radius 2 is 1.41 bits per heavy atom. The van der Waals surface area contributed by atoms with Crippen LogP contribution in [0, 0.1) is 35.5 Å². The predicted octanol–water partition coefficient (Wildman–Crippen LogP) is 1.45. The zero-order valence-corrected chi connectivity index (χ0v) is 10.0. The molecule has 1 aliphatic heterocycles. The van der Waals surface area contributed by atoms with E-state index in [0.29, 0.717) is 23.7 Å². The van der Waals surface area contributed by atoms with Gasteiger partial charge in [0, 0.05) is 7.05 Å². The summed E-state index contributed by atoms with van der Waals surface area (Å²) in [5, 5.41) is 0. The molecule has 0 spiro atoms. The van der Waals surface area contributed by atoms with Gasteiger partial charge in [-0.1, -0.05) is 12.2 Å². The highest BCUT2D eigenvalue weighted by Gasteiger charge is 2.56. The summed E-state index contributed by atoms with van der Waals surface area (Å²) in [5.74, 6) is 2.89. The summed E-state index contributed by atoms with van der Waals surface area (Å²) in [6.07, 6.45) is 7.87. The Morgan fingerprint density at radius 1 is 0.941 bits per heavy atom. The van der Waals surface area contributed by atoms with Crippen molar-refractivity contribution in [3.05, 3.63) is 12.2 Å². The molecule has 2 saturated carbocycles. The largest absolute Gasteiger partial charge is 0.285 e. The molecule has 0 N–H and O–H groups in total. The maximum absolute atomic E-state index is 12.0. The second-order valence-electron chi connectivity index (χ2n) is 6.20. The number of nitrogens with zero attached hydrogens (tertiary/aromatic N) is 1. The number of carbonyl (C=O) groups is 2. The van der Waals surface area contributed by atoms with Crippen molar-refractivity contribution in [2.75, 3.05) is 7.05 Å². The summed E-state index contributed by atoms with van der Waals surface area (Å²) in [6, 6.07) is 0. The van der Waals surface area contributed by atoms with Crippen molar-refractivity contribution in [1.82, 2.24) is 4.90 Å². The third kappa shape index (κ3) is 1.08. The SMILES string of the molecule is CN1C(=O)C2CC3C4C=CC(C4)C3CC2C1=O. The van der Waals surface area contributed by atoms with Crippen LogP contribution in [0.3, 0.4) is 0 Å². The van der Waals surface area contributed by atoms with Gasteiger partial charge >= 0.3 is 0 Å². The summed E-state index contributed by atoms with van der Waals surface area (Å²) in [4.78, 5) is 25.4. The van der Waals surface area contributed by atoms with Gasteiger partial charge in [-0.2, -0.15) is 0 Å². The van der Waals surface area contributed by atoms with E-state index >= 15 is 0 Å². The molecule has 4 rings (SSSR count). The van der Waals surface area contributed by atoms with Crippen LogP contribution in [-0.4, -0.2) is 23.8 Å². The van der Waals surface area contributed by atoms with Crippen molar-refractivity contribution < 1.29 is 9.59 Å². The normalized spacial score (nSPS) is 51.0. The first-order valence-electron chi connectivity index (χ1n) is 6.66. The summed E-state index contributed by atoms with van der Waals surface area (Å²) in [6.45, 7) is 0. The fraction of sp³-hybridized carbons (Fsp3) is 0.714. The molecule has 6 atom stereocenters. The Balaban J connectivity index is 1.68. The minimum Gasteiger partial charge on any atom is -0.285 e. The van der Waals surface area contributed by atoms with Crippen molar-refractivity contribution >= 4 is 11.8 Å². The molecule has 1 saturated heterocycles. The van der Waals surface area contributed by atoms with Crippen LogP contribution in [0.25, 0.3) is 0 Å². The predicted molar refractivity (Wildman–Crippen MR) is 61.7 cm³/mol. The molecule has 90 valence electrons. The quantitative estimate of drug-likeness (QED) is 0.467.